The summed E-state index contributed by atoms with van der Waals surface area (Å²) < 4.78 is 2.24. The Balaban J connectivity index is 0.784. The maximum atomic E-state index is 13.0. The number of nitrogens with one attached hydrogen (secondary N) is 2. The van der Waals surface area contributed by atoms with E-state index in [4.69, 9.17) is 10.1 Å². The van der Waals surface area contributed by atoms with Crippen molar-refractivity contribution >= 4 is 40.3 Å². The Hall–Kier alpha value is -5.60. The van der Waals surface area contributed by atoms with E-state index in [1.807, 2.05) is 17.0 Å². The summed E-state index contributed by atoms with van der Waals surface area (Å²) >= 11 is 0. The molecule has 1 saturated carbocycles. The Labute approximate surface area is 350 Å². The molecular formula is C46H55N11O3. The summed E-state index contributed by atoms with van der Waals surface area (Å²) in [6.45, 7) is 15.7. The van der Waals surface area contributed by atoms with E-state index in [9.17, 15) is 14.4 Å². The van der Waals surface area contributed by atoms with E-state index in [0.717, 1.165) is 116 Å². The Morgan fingerprint density at radius 2 is 1.68 bits per heavy atom. The molecule has 4 amide bonds. The van der Waals surface area contributed by atoms with Gasteiger partial charge in [-0.05, 0) is 98.0 Å². The maximum Gasteiger partial charge on any atom is 0.328 e. The zero-order valence-electron chi connectivity index (χ0n) is 35.0. The molecule has 5 aliphatic rings. The fraction of sp³-hybridized carbons (Fsp3) is 0.478. The molecule has 10 rings (SSSR count). The molecule has 2 aromatic carbocycles. The van der Waals surface area contributed by atoms with E-state index in [1.165, 1.54) is 24.2 Å². The number of hydrogen-bond acceptors (Lipinski definition) is 9. The number of aromatic nitrogens is 5. The molecular weight excluding hydrogens is 755 g/mol. The standard InChI is InChI=1S/C46H55N11O3/c1-30(2)23-52-18-19-54(42(59)27-52)25-34-5-4-33(20-31(34)3)43-38-22-39(49-44(38)48-29-47-43)40-21-37-26-55(46(13-14-46)28-57(37)51-40)24-32-10-15-53(16-11-32)35-6-8-36(9-7-35)56-17-12-41(58)50-45(56)60/h4-9,20-22,29-30,32H,10-19,23-28H2,1-3H3,(H,47,48,49)(H,50,58,60). The Kier molecular flexibility index (Phi) is 9.94. The van der Waals surface area contributed by atoms with Crippen molar-refractivity contribution < 1.29 is 14.4 Å². The summed E-state index contributed by atoms with van der Waals surface area (Å²) in [7, 11) is 0. The number of benzene rings is 2. The number of aromatic amines is 1. The van der Waals surface area contributed by atoms with E-state index in [1.54, 1.807) is 11.2 Å². The van der Waals surface area contributed by atoms with Crippen molar-refractivity contribution in [1.82, 2.24) is 44.7 Å². The number of piperidine rings is 1. The molecule has 3 aromatic heterocycles. The van der Waals surface area contributed by atoms with Crippen LogP contribution < -0.4 is 15.1 Å². The van der Waals surface area contributed by atoms with E-state index in [2.05, 4.69) is 97.9 Å². The van der Waals surface area contributed by atoms with Crippen LogP contribution in [0.1, 0.15) is 62.8 Å². The lowest BCUT2D eigenvalue weighted by Gasteiger charge is -2.41. The number of aryl methyl sites for hydroxylation is 1. The quantitative estimate of drug-likeness (QED) is 0.179. The average Bonchev–Trinajstić information content (AvgIpc) is 3.66. The number of imide groups is 1. The fourth-order valence-corrected chi connectivity index (χ4v) is 9.94. The van der Waals surface area contributed by atoms with Crippen LogP contribution in [-0.2, 0) is 29.2 Å². The number of nitrogens with zero attached hydrogens (tertiary/aromatic N) is 9. The topological polar surface area (TPSA) is 139 Å². The number of amides is 4. The number of urea groups is 1. The molecule has 0 unspecified atom stereocenters. The van der Waals surface area contributed by atoms with Gasteiger partial charge in [0.1, 0.15) is 17.7 Å². The number of fused-ring (bicyclic) bond motifs is 2. The molecule has 4 aliphatic heterocycles. The van der Waals surface area contributed by atoms with Gasteiger partial charge in [0.2, 0.25) is 11.8 Å². The molecule has 1 spiro atoms. The molecule has 5 aromatic rings. The third-order valence-corrected chi connectivity index (χ3v) is 13.5. The second-order valence-corrected chi connectivity index (χ2v) is 18.2. The SMILES string of the molecule is Cc1cc(-c2ncnc3[nH]c(-c4cc5n(n4)CC4(CC4)N(CC4CCN(c6ccc(N7CCC(=O)NC7=O)cc6)CC4)C5)cc23)ccc1CN1CCN(CC(C)C)CC1=O. The van der Waals surface area contributed by atoms with Crippen LogP contribution in [-0.4, -0.2) is 115 Å². The van der Waals surface area contributed by atoms with Crippen molar-refractivity contribution in [2.24, 2.45) is 11.8 Å². The van der Waals surface area contributed by atoms with Crippen LogP contribution in [0.5, 0.6) is 0 Å². The lowest BCUT2D eigenvalue weighted by molar-refractivity contribution is -0.136. The molecule has 0 bridgehead atoms. The van der Waals surface area contributed by atoms with Gasteiger partial charge in [0.05, 0.1) is 30.2 Å². The van der Waals surface area contributed by atoms with Gasteiger partial charge in [0, 0.05) is 93.2 Å². The molecule has 7 heterocycles. The molecule has 14 nitrogen and oxygen atoms in total. The molecule has 312 valence electrons. The van der Waals surface area contributed by atoms with Gasteiger partial charge in [-0.2, -0.15) is 5.10 Å². The van der Waals surface area contributed by atoms with Crippen molar-refractivity contribution in [3.63, 3.8) is 0 Å². The molecule has 3 saturated heterocycles. The van der Waals surface area contributed by atoms with Gasteiger partial charge in [-0.3, -0.25) is 34.3 Å². The minimum atomic E-state index is -0.349. The summed E-state index contributed by atoms with van der Waals surface area (Å²) in [6.07, 6.45) is 6.67. The van der Waals surface area contributed by atoms with Crippen LogP contribution in [0.4, 0.5) is 16.2 Å². The number of H-pyrrole nitrogens is 1. The highest BCUT2D eigenvalue weighted by molar-refractivity contribution is 6.05. The van der Waals surface area contributed by atoms with E-state index >= 15 is 0 Å². The number of rotatable bonds is 10. The Bertz CT molecular complexity index is 2440. The summed E-state index contributed by atoms with van der Waals surface area (Å²) in [5, 5.41) is 8.54. The second kappa shape index (κ2) is 15.5. The van der Waals surface area contributed by atoms with Crippen LogP contribution in [0, 0.1) is 18.8 Å². The van der Waals surface area contributed by atoms with Crippen LogP contribution >= 0.6 is 0 Å². The lowest BCUT2D eigenvalue weighted by atomic mass is 9.94. The van der Waals surface area contributed by atoms with Crippen molar-refractivity contribution in [2.75, 3.05) is 62.2 Å². The van der Waals surface area contributed by atoms with Gasteiger partial charge in [-0.1, -0.05) is 26.0 Å². The molecule has 60 heavy (non-hydrogen) atoms. The van der Waals surface area contributed by atoms with Gasteiger partial charge in [-0.15, -0.1) is 0 Å². The van der Waals surface area contributed by atoms with E-state index < -0.39 is 0 Å². The summed E-state index contributed by atoms with van der Waals surface area (Å²) in [5.41, 5.74) is 10.4. The molecule has 4 fully saturated rings. The summed E-state index contributed by atoms with van der Waals surface area (Å²) in [4.78, 5) is 60.9. The van der Waals surface area contributed by atoms with Crippen LogP contribution in [0.3, 0.4) is 0 Å². The second-order valence-electron chi connectivity index (χ2n) is 18.2. The predicted octanol–water partition coefficient (Wildman–Crippen LogP) is 5.81. The van der Waals surface area contributed by atoms with Crippen molar-refractivity contribution in [3.05, 3.63) is 77.7 Å². The summed E-state index contributed by atoms with van der Waals surface area (Å²) in [5.74, 6) is 1.17. The van der Waals surface area contributed by atoms with Crippen LogP contribution in [0.15, 0.2) is 60.9 Å². The van der Waals surface area contributed by atoms with Gasteiger partial charge in [-0.25, -0.2) is 14.8 Å². The number of carbonyl (C=O) groups excluding carboxylic acids is 3. The lowest BCUT2D eigenvalue weighted by Crippen LogP contribution is -2.50. The minimum Gasteiger partial charge on any atom is -0.372 e. The normalized spacial score (nSPS) is 20.1. The van der Waals surface area contributed by atoms with Crippen LogP contribution in [0.25, 0.3) is 33.7 Å². The number of hydrogen-bond donors (Lipinski definition) is 2. The van der Waals surface area contributed by atoms with Gasteiger partial charge < -0.3 is 14.8 Å². The van der Waals surface area contributed by atoms with E-state index in [-0.39, 0.29) is 23.4 Å². The Morgan fingerprint density at radius 1 is 0.883 bits per heavy atom. The van der Waals surface area contributed by atoms with Crippen molar-refractivity contribution in [2.45, 2.75) is 78.0 Å². The highest BCUT2D eigenvalue weighted by Gasteiger charge is 2.51. The zero-order valence-corrected chi connectivity index (χ0v) is 35.0. The predicted molar refractivity (Wildman–Crippen MR) is 231 cm³/mol. The zero-order chi connectivity index (χ0) is 41.1. The van der Waals surface area contributed by atoms with Gasteiger partial charge >= 0.3 is 6.03 Å². The third kappa shape index (κ3) is 7.55. The highest BCUT2D eigenvalue weighted by atomic mass is 16.2. The first-order valence-corrected chi connectivity index (χ1v) is 21.8. The highest BCUT2D eigenvalue weighted by Crippen LogP contribution is 2.47. The third-order valence-electron chi connectivity index (χ3n) is 13.5. The molecule has 1 aliphatic carbocycles. The van der Waals surface area contributed by atoms with E-state index in [0.29, 0.717) is 37.9 Å². The smallest absolute Gasteiger partial charge is 0.328 e. The molecule has 0 radical (unpaired) electrons. The van der Waals surface area contributed by atoms with Gasteiger partial charge in [0.15, 0.2) is 0 Å². The monoisotopic (exact) mass is 809 g/mol. The first-order valence-electron chi connectivity index (χ1n) is 21.8. The molecule has 14 heteroatoms. The summed E-state index contributed by atoms with van der Waals surface area (Å²) in [6, 6.07) is 18.7. The largest absolute Gasteiger partial charge is 0.372 e. The average molecular weight is 810 g/mol. The number of piperazine rings is 1. The first-order chi connectivity index (χ1) is 29.1. The molecule has 2 N–H and O–H groups in total. The fourth-order valence-electron chi connectivity index (χ4n) is 9.94. The van der Waals surface area contributed by atoms with Crippen LogP contribution in [0.2, 0.25) is 0 Å². The molecule has 0 atom stereocenters. The first kappa shape index (κ1) is 38.6. The Morgan fingerprint density at radius 3 is 2.42 bits per heavy atom. The van der Waals surface area contributed by atoms with Crippen molar-refractivity contribution in [3.8, 4) is 22.6 Å². The maximum absolute atomic E-state index is 13.0. The van der Waals surface area contributed by atoms with Gasteiger partial charge in [0.25, 0.3) is 0 Å². The van der Waals surface area contributed by atoms with Crippen molar-refractivity contribution in [1.29, 1.82) is 0 Å². The number of anilines is 2. The minimum absolute atomic E-state index is 0.202. The number of carbonyl (C=O) groups is 3.